The summed E-state index contributed by atoms with van der Waals surface area (Å²) in [5, 5.41) is 0. The smallest absolute Gasteiger partial charge is 0.328 e. The molecule has 0 aliphatic heterocycles. The molecule has 0 radical (unpaired) electrons. The van der Waals surface area contributed by atoms with Crippen LogP contribution in [0.3, 0.4) is 0 Å². The average molecular weight is 286 g/mol. The Morgan fingerprint density at radius 2 is 2.05 bits per heavy atom. The fraction of sp³-hybridized carbons (Fsp3) is 0.375. The van der Waals surface area contributed by atoms with Crippen molar-refractivity contribution in [3.05, 3.63) is 52.7 Å². The van der Waals surface area contributed by atoms with Crippen molar-refractivity contribution in [2.75, 3.05) is 6.61 Å². The van der Waals surface area contributed by atoms with Crippen molar-refractivity contribution in [2.45, 2.75) is 32.4 Å². The fourth-order valence-corrected chi connectivity index (χ4v) is 2.37. The standard InChI is InChI=1S/C16H18N2O3/c1-12(19)14-4-2-3-5-15(14)21-11-10-17-8-9-18(16(17)20)13-6-7-13/h2-5,8-9,13H,6-7,10-11H2,1H3. The number of aromatic nitrogens is 2. The second kappa shape index (κ2) is 5.60. The Morgan fingerprint density at radius 1 is 1.29 bits per heavy atom. The first-order chi connectivity index (χ1) is 10.2. The molecule has 0 N–H and O–H groups in total. The molecule has 3 rings (SSSR count). The van der Waals surface area contributed by atoms with E-state index >= 15 is 0 Å². The summed E-state index contributed by atoms with van der Waals surface area (Å²) in [5.41, 5.74) is 0.585. The number of rotatable bonds is 6. The highest BCUT2D eigenvalue weighted by molar-refractivity contribution is 5.96. The lowest BCUT2D eigenvalue weighted by Crippen LogP contribution is -2.25. The molecule has 1 aromatic carbocycles. The number of ether oxygens (including phenoxy) is 1. The second-order valence-corrected chi connectivity index (χ2v) is 5.31. The topological polar surface area (TPSA) is 53.2 Å². The van der Waals surface area contributed by atoms with Gasteiger partial charge in [-0.2, -0.15) is 0 Å². The zero-order chi connectivity index (χ0) is 14.8. The SMILES string of the molecule is CC(=O)c1ccccc1OCCn1ccn(C2CC2)c1=O. The monoisotopic (exact) mass is 286 g/mol. The summed E-state index contributed by atoms with van der Waals surface area (Å²) in [6, 6.07) is 7.54. The van der Waals surface area contributed by atoms with Crippen LogP contribution in [0.4, 0.5) is 0 Å². The molecule has 1 heterocycles. The Kier molecular flexibility index (Phi) is 3.64. The predicted octanol–water partition coefficient (Wildman–Crippen LogP) is 2.27. The van der Waals surface area contributed by atoms with Crippen LogP contribution in [-0.2, 0) is 6.54 Å². The van der Waals surface area contributed by atoms with Gasteiger partial charge in [-0.1, -0.05) is 12.1 Å². The highest BCUT2D eigenvalue weighted by Gasteiger charge is 2.25. The first kappa shape index (κ1) is 13.7. The number of Topliss-reactive ketones (excluding diaryl/α,β-unsaturated/α-hetero) is 1. The second-order valence-electron chi connectivity index (χ2n) is 5.31. The van der Waals surface area contributed by atoms with E-state index < -0.39 is 0 Å². The lowest BCUT2D eigenvalue weighted by molar-refractivity contribution is 0.101. The fourth-order valence-electron chi connectivity index (χ4n) is 2.37. The molecule has 1 fully saturated rings. The zero-order valence-electron chi connectivity index (χ0n) is 12.0. The number of ketones is 1. The number of imidazole rings is 1. The van der Waals surface area contributed by atoms with Gasteiger partial charge in [0, 0.05) is 18.4 Å². The van der Waals surface area contributed by atoms with E-state index in [-0.39, 0.29) is 11.5 Å². The van der Waals surface area contributed by atoms with E-state index in [1.54, 1.807) is 27.5 Å². The van der Waals surface area contributed by atoms with Crippen LogP contribution in [-0.4, -0.2) is 21.5 Å². The van der Waals surface area contributed by atoms with Crippen LogP contribution in [0.5, 0.6) is 5.75 Å². The van der Waals surface area contributed by atoms with Gasteiger partial charge < -0.3 is 4.74 Å². The Balaban J connectivity index is 1.64. The Labute approximate surface area is 122 Å². The molecule has 0 bridgehead atoms. The van der Waals surface area contributed by atoms with E-state index in [9.17, 15) is 9.59 Å². The van der Waals surface area contributed by atoms with Gasteiger partial charge in [-0.3, -0.25) is 13.9 Å². The molecule has 110 valence electrons. The highest BCUT2D eigenvalue weighted by Crippen LogP contribution is 2.33. The lowest BCUT2D eigenvalue weighted by atomic mass is 10.1. The molecule has 0 atom stereocenters. The van der Waals surface area contributed by atoms with Crippen molar-refractivity contribution in [2.24, 2.45) is 0 Å². The first-order valence-electron chi connectivity index (χ1n) is 7.17. The first-order valence-corrected chi connectivity index (χ1v) is 7.17. The molecule has 5 heteroatoms. The average Bonchev–Trinajstić information content (AvgIpc) is 3.25. The molecule has 0 amide bonds. The Hall–Kier alpha value is -2.30. The quantitative estimate of drug-likeness (QED) is 0.765. The summed E-state index contributed by atoms with van der Waals surface area (Å²) >= 11 is 0. The van der Waals surface area contributed by atoms with E-state index in [1.165, 1.54) is 6.92 Å². The molecule has 0 unspecified atom stereocenters. The van der Waals surface area contributed by atoms with E-state index in [2.05, 4.69) is 0 Å². The van der Waals surface area contributed by atoms with E-state index in [1.807, 2.05) is 18.3 Å². The van der Waals surface area contributed by atoms with Gasteiger partial charge in [0.2, 0.25) is 0 Å². The number of nitrogens with zero attached hydrogens (tertiary/aromatic N) is 2. The van der Waals surface area contributed by atoms with Gasteiger partial charge in [0.1, 0.15) is 12.4 Å². The zero-order valence-corrected chi connectivity index (χ0v) is 12.0. The molecular weight excluding hydrogens is 268 g/mol. The van der Waals surface area contributed by atoms with E-state index in [0.717, 1.165) is 12.8 Å². The maximum Gasteiger partial charge on any atom is 0.328 e. The number of para-hydroxylation sites is 1. The molecule has 0 spiro atoms. The molecule has 1 aliphatic carbocycles. The van der Waals surface area contributed by atoms with E-state index in [0.29, 0.717) is 30.5 Å². The van der Waals surface area contributed by atoms with Crippen LogP contribution < -0.4 is 10.4 Å². The van der Waals surface area contributed by atoms with Gasteiger partial charge in [0.05, 0.1) is 12.1 Å². The van der Waals surface area contributed by atoms with Crippen molar-refractivity contribution >= 4 is 5.78 Å². The molecule has 21 heavy (non-hydrogen) atoms. The summed E-state index contributed by atoms with van der Waals surface area (Å²) in [7, 11) is 0. The van der Waals surface area contributed by atoms with Gasteiger partial charge >= 0.3 is 5.69 Å². The van der Waals surface area contributed by atoms with Gasteiger partial charge in [0.15, 0.2) is 5.78 Å². The number of hydrogen-bond acceptors (Lipinski definition) is 3. The number of benzene rings is 1. The summed E-state index contributed by atoms with van der Waals surface area (Å²) in [4.78, 5) is 23.6. The molecule has 2 aromatic rings. The van der Waals surface area contributed by atoms with Gasteiger partial charge in [0.25, 0.3) is 0 Å². The van der Waals surface area contributed by atoms with Crippen LogP contribution in [0.25, 0.3) is 0 Å². The number of hydrogen-bond donors (Lipinski definition) is 0. The van der Waals surface area contributed by atoms with Crippen LogP contribution in [0, 0.1) is 0 Å². The molecule has 1 saturated carbocycles. The maximum atomic E-state index is 12.1. The third kappa shape index (κ3) is 2.91. The van der Waals surface area contributed by atoms with E-state index in [4.69, 9.17) is 4.74 Å². The van der Waals surface area contributed by atoms with Crippen molar-refractivity contribution in [3.63, 3.8) is 0 Å². The summed E-state index contributed by atoms with van der Waals surface area (Å²) in [6.07, 6.45) is 5.81. The summed E-state index contributed by atoms with van der Waals surface area (Å²) < 4.78 is 9.08. The minimum atomic E-state index is -0.0253. The minimum absolute atomic E-state index is 0.0148. The highest BCUT2D eigenvalue weighted by atomic mass is 16.5. The maximum absolute atomic E-state index is 12.1. The van der Waals surface area contributed by atoms with Crippen LogP contribution >= 0.6 is 0 Å². The Morgan fingerprint density at radius 3 is 2.76 bits per heavy atom. The van der Waals surface area contributed by atoms with Crippen molar-refractivity contribution in [1.82, 2.24) is 9.13 Å². The Bertz CT molecular complexity index is 710. The number of carbonyl (C=O) groups is 1. The van der Waals surface area contributed by atoms with Gasteiger partial charge in [-0.15, -0.1) is 0 Å². The predicted molar refractivity (Wildman–Crippen MR) is 78.9 cm³/mol. The molecule has 1 aromatic heterocycles. The van der Waals surface area contributed by atoms with Gasteiger partial charge in [-0.25, -0.2) is 4.79 Å². The van der Waals surface area contributed by atoms with Gasteiger partial charge in [-0.05, 0) is 31.9 Å². The number of carbonyl (C=O) groups excluding carboxylic acids is 1. The van der Waals surface area contributed by atoms with Crippen molar-refractivity contribution < 1.29 is 9.53 Å². The summed E-state index contributed by atoms with van der Waals surface area (Å²) in [5.74, 6) is 0.544. The van der Waals surface area contributed by atoms with Crippen molar-refractivity contribution in [1.29, 1.82) is 0 Å². The lowest BCUT2D eigenvalue weighted by Gasteiger charge is -2.09. The van der Waals surface area contributed by atoms with Crippen LogP contribution in [0.1, 0.15) is 36.2 Å². The normalized spacial score (nSPS) is 14.1. The van der Waals surface area contributed by atoms with Crippen LogP contribution in [0.2, 0.25) is 0 Å². The molecule has 0 saturated heterocycles. The molecule has 1 aliphatic rings. The minimum Gasteiger partial charge on any atom is -0.491 e. The molecule has 5 nitrogen and oxygen atoms in total. The molecular formula is C16H18N2O3. The third-order valence-electron chi connectivity index (χ3n) is 3.67. The largest absolute Gasteiger partial charge is 0.491 e. The third-order valence-corrected chi connectivity index (χ3v) is 3.67. The van der Waals surface area contributed by atoms with Crippen LogP contribution in [0.15, 0.2) is 41.5 Å². The summed E-state index contributed by atoms with van der Waals surface area (Å²) in [6.45, 7) is 2.35. The van der Waals surface area contributed by atoms with Crippen molar-refractivity contribution in [3.8, 4) is 5.75 Å².